The number of nitrogens with one attached hydrogen (secondary N) is 2. The van der Waals surface area contributed by atoms with E-state index >= 15 is 0 Å². The van der Waals surface area contributed by atoms with E-state index in [2.05, 4.69) is 10.6 Å². The van der Waals surface area contributed by atoms with Gasteiger partial charge in [0.15, 0.2) is 0 Å². The zero-order chi connectivity index (χ0) is 20.1. The molecule has 0 radical (unpaired) electrons. The van der Waals surface area contributed by atoms with Gasteiger partial charge < -0.3 is 10.6 Å². The summed E-state index contributed by atoms with van der Waals surface area (Å²) in [5, 5.41) is 5.98. The summed E-state index contributed by atoms with van der Waals surface area (Å²) >= 11 is 0. The van der Waals surface area contributed by atoms with Crippen molar-refractivity contribution in [3.05, 3.63) is 96.1 Å². The lowest BCUT2D eigenvalue weighted by Gasteiger charge is -2.28. The highest BCUT2D eigenvalue weighted by atomic mass is 16.2. The average Bonchev–Trinajstić information content (AvgIpc) is 3.27. The number of anilines is 2. The zero-order valence-corrected chi connectivity index (χ0v) is 16.2. The van der Waals surface area contributed by atoms with Gasteiger partial charge in [0.25, 0.3) is 5.91 Å². The van der Waals surface area contributed by atoms with E-state index in [0.717, 1.165) is 31.2 Å². The Morgan fingerprint density at radius 3 is 1.93 bits per heavy atom. The van der Waals surface area contributed by atoms with Crippen molar-refractivity contribution >= 4 is 23.2 Å². The van der Waals surface area contributed by atoms with Crippen molar-refractivity contribution in [3.63, 3.8) is 0 Å². The number of rotatable bonds is 5. The predicted octanol–water partition coefficient (Wildman–Crippen LogP) is 5.39. The fourth-order valence-electron chi connectivity index (χ4n) is 4.10. The lowest BCUT2D eigenvalue weighted by atomic mass is 9.78. The van der Waals surface area contributed by atoms with Gasteiger partial charge in [-0.2, -0.15) is 0 Å². The van der Waals surface area contributed by atoms with E-state index in [1.165, 1.54) is 0 Å². The highest BCUT2D eigenvalue weighted by Gasteiger charge is 2.42. The molecule has 4 rings (SSSR count). The van der Waals surface area contributed by atoms with Gasteiger partial charge in [0.1, 0.15) is 0 Å². The van der Waals surface area contributed by atoms with Gasteiger partial charge in [-0.05, 0) is 48.7 Å². The topological polar surface area (TPSA) is 58.2 Å². The molecule has 2 amide bonds. The molecule has 1 saturated carbocycles. The van der Waals surface area contributed by atoms with E-state index in [0.29, 0.717) is 16.9 Å². The second kappa shape index (κ2) is 8.31. The van der Waals surface area contributed by atoms with Crippen LogP contribution in [0.5, 0.6) is 0 Å². The first-order valence-electron chi connectivity index (χ1n) is 10.0. The summed E-state index contributed by atoms with van der Waals surface area (Å²) in [6, 6.07) is 26.4. The molecule has 29 heavy (non-hydrogen) atoms. The Morgan fingerprint density at radius 1 is 0.690 bits per heavy atom. The van der Waals surface area contributed by atoms with Crippen molar-refractivity contribution in [2.24, 2.45) is 0 Å². The Hall–Kier alpha value is -3.40. The van der Waals surface area contributed by atoms with Crippen molar-refractivity contribution in [2.45, 2.75) is 31.1 Å². The lowest BCUT2D eigenvalue weighted by Crippen LogP contribution is -2.37. The van der Waals surface area contributed by atoms with Gasteiger partial charge >= 0.3 is 0 Å². The van der Waals surface area contributed by atoms with E-state index in [1.54, 1.807) is 18.2 Å². The van der Waals surface area contributed by atoms with E-state index < -0.39 is 5.41 Å². The normalized spacial score (nSPS) is 14.9. The Bertz CT molecular complexity index is 994. The highest BCUT2D eigenvalue weighted by molar-refractivity contribution is 6.05. The van der Waals surface area contributed by atoms with Crippen LogP contribution in [0.15, 0.2) is 84.9 Å². The first-order valence-corrected chi connectivity index (χ1v) is 10.0. The van der Waals surface area contributed by atoms with Crippen molar-refractivity contribution in [3.8, 4) is 0 Å². The molecule has 0 aromatic heterocycles. The fraction of sp³-hybridized carbons (Fsp3) is 0.200. The Morgan fingerprint density at radius 2 is 1.28 bits per heavy atom. The van der Waals surface area contributed by atoms with E-state index in [9.17, 15) is 9.59 Å². The van der Waals surface area contributed by atoms with Crippen LogP contribution in [0, 0.1) is 0 Å². The second-order valence-corrected chi connectivity index (χ2v) is 7.51. The van der Waals surface area contributed by atoms with Crippen LogP contribution in [-0.2, 0) is 10.2 Å². The maximum Gasteiger partial charge on any atom is 0.255 e. The van der Waals surface area contributed by atoms with Crippen LogP contribution in [0.2, 0.25) is 0 Å². The summed E-state index contributed by atoms with van der Waals surface area (Å²) in [5.74, 6) is -0.154. The molecule has 4 nitrogen and oxygen atoms in total. The highest BCUT2D eigenvalue weighted by Crippen LogP contribution is 2.42. The van der Waals surface area contributed by atoms with E-state index in [4.69, 9.17) is 0 Å². The molecule has 1 aliphatic rings. The summed E-state index contributed by atoms with van der Waals surface area (Å²) < 4.78 is 0. The van der Waals surface area contributed by atoms with Crippen LogP contribution in [0.1, 0.15) is 41.6 Å². The lowest BCUT2D eigenvalue weighted by molar-refractivity contribution is -0.121. The average molecular weight is 384 g/mol. The molecule has 4 heteroatoms. The minimum Gasteiger partial charge on any atom is -0.325 e. The number of amides is 2. The monoisotopic (exact) mass is 384 g/mol. The molecule has 3 aromatic carbocycles. The van der Waals surface area contributed by atoms with Gasteiger partial charge in [0, 0.05) is 16.9 Å². The molecule has 2 N–H and O–H groups in total. The third-order valence-corrected chi connectivity index (χ3v) is 5.63. The maximum atomic E-state index is 13.3. The summed E-state index contributed by atoms with van der Waals surface area (Å²) in [4.78, 5) is 25.7. The summed E-state index contributed by atoms with van der Waals surface area (Å²) in [5.41, 5.74) is 2.52. The van der Waals surface area contributed by atoms with Gasteiger partial charge in [-0.1, -0.05) is 67.4 Å². The molecule has 1 fully saturated rings. The van der Waals surface area contributed by atoms with Crippen molar-refractivity contribution in [1.82, 2.24) is 0 Å². The quantitative estimate of drug-likeness (QED) is 0.620. The minimum atomic E-state index is -0.482. The van der Waals surface area contributed by atoms with Crippen molar-refractivity contribution in [1.29, 1.82) is 0 Å². The maximum absolute atomic E-state index is 13.3. The largest absolute Gasteiger partial charge is 0.325 e. The summed E-state index contributed by atoms with van der Waals surface area (Å²) in [7, 11) is 0. The molecule has 0 spiro atoms. The molecule has 0 heterocycles. The number of hydrogen-bond donors (Lipinski definition) is 2. The van der Waals surface area contributed by atoms with E-state index in [1.807, 2.05) is 66.7 Å². The SMILES string of the molecule is O=C(Nc1cccc(NC(=O)C2(c3ccccc3)CCCC2)c1)c1ccccc1. The van der Waals surface area contributed by atoms with Gasteiger partial charge in [0.05, 0.1) is 5.41 Å². The standard InChI is InChI=1S/C25H24N2O2/c28-23(19-10-3-1-4-11-19)26-21-14-9-15-22(18-21)27-24(29)25(16-7-8-17-25)20-12-5-2-6-13-20/h1-6,9-15,18H,7-8,16-17H2,(H,26,28)(H,27,29). The fourth-order valence-corrected chi connectivity index (χ4v) is 4.10. The third-order valence-electron chi connectivity index (χ3n) is 5.63. The Kier molecular flexibility index (Phi) is 5.43. The van der Waals surface area contributed by atoms with Crippen LogP contribution in [0.4, 0.5) is 11.4 Å². The third kappa shape index (κ3) is 4.06. The molecule has 0 bridgehead atoms. The van der Waals surface area contributed by atoms with Crippen molar-refractivity contribution in [2.75, 3.05) is 10.6 Å². The number of hydrogen-bond acceptors (Lipinski definition) is 2. The van der Waals surface area contributed by atoms with Crippen molar-refractivity contribution < 1.29 is 9.59 Å². The zero-order valence-electron chi connectivity index (χ0n) is 16.2. The Balaban J connectivity index is 1.51. The van der Waals surface area contributed by atoms with Crippen LogP contribution >= 0.6 is 0 Å². The molecule has 146 valence electrons. The van der Waals surface area contributed by atoms with Gasteiger partial charge in [-0.15, -0.1) is 0 Å². The first-order chi connectivity index (χ1) is 14.2. The van der Waals surface area contributed by atoms with Gasteiger partial charge in [-0.3, -0.25) is 9.59 Å². The summed E-state index contributed by atoms with van der Waals surface area (Å²) in [6.45, 7) is 0. The number of carbonyl (C=O) groups is 2. The molecule has 0 saturated heterocycles. The molecule has 1 aliphatic carbocycles. The summed E-state index contributed by atoms with van der Waals surface area (Å²) in [6.07, 6.45) is 3.81. The van der Waals surface area contributed by atoms with Crippen LogP contribution < -0.4 is 10.6 Å². The smallest absolute Gasteiger partial charge is 0.255 e. The van der Waals surface area contributed by atoms with E-state index in [-0.39, 0.29) is 11.8 Å². The molecule has 0 atom stereocenters. The first kappa shape index (κ1) is 18.9. The predicted molar refractivity (Wildman–Crippen MR) is 116 cm³/mol. The number of benzene rings is 3. The van der Waals surface area contributed by atoms with Crippen LogP contribution in [0.25, 0.3) is 0 Å². The molecule has 3 aromatic rings. The number of carbonyl (C=O) groups excluding carboxylic acids is 2. The van der Waals surface area contributed by atoms with Crippen LogP contribution in [-0.4, -0.2) is 11.8 Å². The van der Waals surface area contributed by atoms with Crippen LogP contribution in [0.3, 0.4) is 0 Å². The second-order valence-electron chi connectivity index (χ2n) is 7.51. The minimum absolute atomic E-state index is 0.0211. The van der Waals surface area contributed by atoms with Gasteiger partial charge in [-0.25, -0.2) is 0 Å². The molecule has 0 aliphatic heterocycles. The Labute approximate surface area is 171 Å². The van der Waals surface area contributed by atoms with Gasteiger partial charge in [0.2, 0.25) is 5.91 Å². The molecular formula is C25H24N2O2. The molecular weight excluding hydrogens is 360 g/mol. The molecule has 0 unspecified atom stereocenters.